The molecule has 4 heteroatoms. The largest absolute Gasteiger partial charge is 0.462 e. The van der Waals surface area contributed by atoms with Crippen LogP contribution < -0.4 is 0 Å². The SMILES string of the molecule is CC(C)CC(=O)O[C@H]1CC[C@@]2(C)[C@@H](CC[C@@H]3[C@H]2CC[C@]2(C)[C@@H]4[C@H](C[C@@H]32)O[C@]2(CC[C@@H](C)CO2)[C@H]4C)C1. The minimum atomic E-state index is -0.304. The van der Waals surface area contributed by atoms with E-state index >= 15 is 0 Å². The van der Waals surface area contributed by atoms with Gasteiger partial charge < -0.3 is 14.2 Å². The first-order valence-electron chi connectivity index (χ1n) is 15.6. The molecule has 6 aliphatic rings. The zero-order valence-electron chi connectivity index (χ0n) is 23.9. The smallest absolute Gasteiger partial charge is 0.306 e. The van der Waals surface area contributed by atoms with Crippen LogP contribution in [0.15, 0.2) is 0 Å². The van der Waals surface area contributed by atoms with Gasteiger partial charge in [-0.15, -0.1) is 0 Å². The van der Waals surface area contributed by atoms with Crippen molar-refractivity contribution in [1.82, 2.24) is 0 Å². The summed E-state index contributed by atoms with van der Waals surface area (Å²) in [5.74, 6) is 5.09. The molecule has 0 bridgehead atoms. The van der Waals surface area contributed by atoms with E-state index in [1.165, 1.54) is 44.9 Å². The van der Waals surface area contributed by atoms with E-state index in [0.29, 0.717) is 52.9 Å². The molecule has 4 aliphatic carbocycles. The van der Waals surface area contributed by atoms with Crippen LogP contribution in [0, 0.1) is 58.2 Å². The van der Waals surface area contributed by atoms with E-state index in [1.54, 1.807) is 0 Å². The Morgan fingerprint density at radius 1 is 0.944 bits per heavy atom. The van der Waals surface area contributed by atoms with Gasteiger partial charge in [-0.1, -0.05) is 41.5 Å². The average Bonchev–Trinajstić information content (AvgIpc) is 3.26. The quantitative estimate of drug-likeness (QED) is 0.379. The second-order valence-corrected chi connectivity index (χ2v) is 15.2. The van der Waals surface area contributed by atoms with Crippen molar-refractivity contribution in [2.75, 3.05) is 6.61 Å². The van der Waals surface area contributed by atoms with E-state index in [2.05, 4.69) is 41.5 Å². The maximum Gasteiger partial charge on any atom is 0.306 e. The van der Waals surface area contributed by atoms with E-state index in [0.717, 1.165) is 43.6 Å². The highest BCUT2D eigenvalue weighted by Gasteiger charge is 2.69. The molecular weight excluding hydrogens is 448 g/mol. The number of esters is 1. The van der Waals surface area contributed by atoms with Crippen LogP contribution in [-0.2, 0) is 19.0 Å². The van der Waals surface area contributed by atoms with Crippen LogP contribution in [0.2, 0.25) is 0 Å². The fourth-order valence-corrected chi connectivity index (χ4v) is 10.9. The summed E-state index contributed by atoms with van der Waals surface area (Å²) < 4.78 is 19.4. The van der Waals surface area contributed by atoms with E-state index in [9.17, 15) is 4.79 Å². The van der Waals surface area contributed by atoms with Gasteiger partial charge in [-0.3, -0.25) is 4.79 Å². The van der Waals surface area contributed by atoms with Crippen molar-refractivity contribution in [3.8, 4) is 0 Å². The normalized spacial score (nSPS) is 54.0. The zero-order chi connectivity index (χ0) is 25.5. The van der Waals surface area contributed by atoms with E-state index in [-0.39, 0.29) is 17.9 Å². The van der Waals surface area contributed by atoms with Crippen molar-refractivity contribution >= 4 is 5.97 Å². The van der Waals surface area contributed by atoms with Gasteiger partial charge in [0, 0.05) is 18.8 Å². The number of hydrogen-bond acceptors (Lipinski definition) is 4. The van der Waals surface area contributed by atoms with Gasteiger partial charge in [0.2, 0.25) is 0 Å². The van der Waals surface area contributed by atoms with Crippen molar-refractivity contribution in [2.24, 2.45) is 58.2 Å². The summed E-state index contributed by atoms with van der Waals surface area (Å²) in [5.41, 5.74) is 0.813. The molecule has 204 valence electrons. The zero-order valence-corrected chi connectivity index (χ0v) is 23.9. The summed E-state index contributed by atoms with van der Waals surface area (Å²) in [6.45, 7) is 15.1. The number of ether oxygens (including phenoxy) is 3. The minimum absolute atomic E-state index is 0.0153. The molecule has 0 radical (unpaired) electrons. The van der Waals surface area contributed by atoms with Crippen LogP contribution in [0.1, 0.15) is 112 Å². The Bertz CT molecular complexity index is 845. The van der Waals surface area contributed by atoms with Gasteiger partial charge in [-0.2, -0.15) is 0 Å². The van der Waals surface area contributed by atoms with Gasteiger partial charge in [-0.05, 0) is 110 Å². The minimum Gasteiger partial charge on any atom is -0.462 e. The van der Waals surface area contributed by atoms with Crippen LogP contribution in [0.4, 0.5) is 0 Å². The van der Waals surface area contributed by atoms with Crippen LogP contribution in [0.25, 0.3) is 0 Å². The fourth-order valence-electron chi connectivity index (χ4n) is 10.9. The molecule has 0 amide bonds. The molecule has 6 rings (SSSR count). The molecule has 4 saturated carbocycles. The Labute approximate surface area is 220 Å². The molecule has 2 aliphatic heterocycles. The predicted molar refractivity (Wildman–Crippen MR) is 141 cm³/mol. The lowest BCUT2D eigenvalue weighted by atomic mass is 9.44. The molecule has 2 saturated heterocycles. The molecular formula is C32H52O4. The molecule has 0 aromatic heterocycles. The van der Waals surface area contributed by atoms with Gasteiger partial charge in [0.15, 0.2) is 5.79 Å². The van der Waals surface area contributed by atoms with E-state index < -0.39 is 0 Å². The molecule has 36 heavy (non-hydrogen) atoms. The Kier molecular flexibility index (Phi) is 6.39. The second-order valence-electron chi connectivity index (χ2n) is 15.2. The molecule has 6 fully saturated rings. The Balaban J connectivity index is 1.15. The summed E-state index contributed by atoms with van der Waals surface area (Å²) in [6, 6.07) is 0. The molecule has 0 unspecified atom stereocenters. The summed E-state index contributed by atoms with van der Waals surface area (Å²) in [4.78, 5) is 12.4. The van der Waals surface area contributed by atoms with E-state index in [1.807, 2.05) is 0 Å². The predicted octanol–water partition coefficient (Wildman–Crippen LogP) is 7.39. The van der Waals surface area contributed by atoms with Crippen LogP contribution in [0.3, 0.4) is 0 Å². The molecule has 0 N–H and O–H groups in total. The molecule has 1 spiro atoms. The van der Waals surface area contributed by atoms with Crippen molar-refractivity contribution in [3.63, 3.8) is 0 Å². The van der Waals surface area contributed by atoms with Crippen LogP contribution in [-0.4, -0.2) is 30.6 Å². The van der Waals surface area contributed by atoms with E-state index in [4.69, 9.17) is 14.2 Å². The van der Waals surface area contributed by atoms with Gasteiger partial charge in [0.05, 0.1) is 12.7 Å². The average molecular weight is 501 g/mol. The summed E-state index contributed by atoms with van der Waals surface area (Å²) in [7, 11) is 0. The van der Waals surface area contributed by atoms with Crippen molar-refractivity contribution in [3.05, 3.63) is 0 Å². The first kappa shape index (κ1) is 25.7. The number of hydrogen-bond donors (Lipinski definition) is 0. The number of carbonyl (C=O) groups is 1. The first-order chi connectivity index (χ1) is 17.1. The highest BCUT2D eigenvalue weighted by molar-refractivity contribution is 5.69. The number of fused-ring (bicyclic) bond motifs is 7. The second kappa shape index (κ2) is 8.97. The molecule has 0 aromatic carbocycles. The van der Waals surface area contributed by atoms with Gasteiger partial charge in [0.25, 0.3) is 0 Å². The van der Waals surface area contributed by atoms with Gasteiger partial charge >= 0.3 is 5.97 Å². The third-order valence-electron chi connectivity index (χ3n) is 12.8. The van der Waals surface area contributed by atoms with Gasteiger partial charge in [-0.25, -0.2) is 0 Å². The molecule has 0 aromatic rings. The highest BCUT2D eigenvalue weighted by atomic mass is 16.7. The fraction of sp³-hybridized carbons (Fsp3) is 0.969. The standard InChI is InChI=1S/C32H52O4/c1-19(2)15-28(33)35-23-10-12-30(5)22(16-23)7-8-24-25(30)11-13-31(6)26(24)17-27-29(31)21(4)32(36-27)14-9-20(3)18-34-32/h19-27,29H,7-18H2,1-6H3/t20-,21+,22+,23+,24-,25-,26+,27+,29+,30+,31+,32-/m1/s1. The lowest BCUT2D eigenvalue weighted by Crippen LogP contribution is -2.55. The Morgan fingerprint density at radius 3 is 2.44 bits per heavy atom. The lowest BCUT2D eigenvalue weighted by Gasteiger charge is -2.61. The molecule has 2 heterocycles. The van der Waals surface area contributed by atoms with Gasteiger partial charge in [0.1, 0.15) is 6.10 Å². The molecule has 12 atom stereocenters. The summed E-state index contributed by atoms with van der Waals surface area (Å²) in [6.07, 6.45) is 13.5. The number of rotatable bonds is 3. The Hall–Kier alpha value is -0.610. The third kappa shape index (κ3) is 3.85. The third-order valence-corrected chi connectivity index (χ3v) is 12.8. The Morgan fingerprint density at radius 2 is 1.72 bits per heavy atom. The summed E-state index contributed by atoms with van der Waals surface area (Å²) >= 11 is 0. The first-order valence-corrected chi connectivity index (χ1v) is 15.6. The monoisotopic (exact) mass is 500 g/mol. The van der Waals surface area contributed by atoms with Crippen LogP contribution in [0.5, 0.6) is 0 Å². The van der Waals surface area contributed by atoms with Crippen LogP contribution >= 0.6 is 0 Å². The maximum atomic E-state index is 12.4. The highest BCUT2D eigenvalue weighted by Crippen LogP contribution is 2.71. The van der Waals surface area contributed by atoms with Crippen molar-refractivity contribution < 1.29 is 19.0 Å². The topological polar surface area (TPSA) is 44.8 Å². The van der Waals surface area contributed by atoms with Crippen molar-refractivity contribution in [2.45, 2.75) is 130 Å². The van der Waals surface area contributed by atoms with Crippen molar-refractivity contribution in [1.29, 1.82) is 0 Å². The summed E-state index contributed by atoms with van der Waals surface area (Å²) in [5, 5.41) is 0. The number of carbonyl (C=O) groups excluding carboxylic acids is 1. The lowest BCUT2D eigenvalue weighted by molar-refractivity contribution is -0.273. The maximum absolute atomic E-state index is 12.4. The molecule has 4 nitrogen and oxygen atoms in total.